The lowest BCUT2D eigenvalue weighted by Crippen LogP contribution is -2.17. The zero-order valence-corrected chi connectivity index (χ0v) is 10.2. The molecule has 1 atom stereocenters. The topological polar surface area (TPSA) is 55.8 Å². The van der Waals surface area contributed by atoms with Gasteiger partial charge in [-0.15, -0.1) is 0 Å². The predicted molar refractivity (Wildman–Crippen MR) is 62.2 cm³/mol. The Kier molecular flexibility index (Phi) is 3.54. The third kappa shape index (κ3) is 2.70. The van der Waals surface area contributed by atoms with Gasteiger partial charge in [-0.05, 0) is 24.1 Å². The van der Waals surface area contributed by atoms with Crippen LogP contribution in [0.5, 0.6) is 5.75 Å². The summed E-state index contributed by atoms with van der Waals surface area (Å²) in [6.45, 7) is 2.31. The summed E-state index contributed by atoms with van der Waals surface area (Å²) in [5.41, 5.74) is 1.70. The van der Waals surface area contributed by atoms with E-state index in [9.17, 15) is 4.79 Å². The van der Waals surface area contributed by atoms with Crippen LogP contribution in [0.2, 0.25) is 5.02 Å². The van der Waals surface area contributed by atoms with Gasteiger partial charge >= 0.3 is 5.97 Å². The molecule has 1 heterocycles. The Labute approximate surface area is 104 Å². The molecule has 0 saturated carbocycles. The van der Waals surface area contributed by atoms with Crippen molar-refractivity contribution in [2.45, 2.75) is 20.0 Å². The molecule has 0 saturated heterocycles. The maximum atomic E-state index is 10.9. The van der Waals surface area contributed by atoms with E-state index in [2.05, 4.69) is 0 Å². The van der Waals surface area contributed by atoms with Gasteiger partial charge in [0.25, 0.3) is 0 Å². The molecule has 0 bridgehead atoms. The van der Waals surface area contributed by atoms with Crippen LogP contribution in [0.4, 0.5) is 0 Å². The van der Waals surface area contributed by atoms with E-state index in [4.69, 9.17) is 26.2 Å². The number of carboxylic acid groups (broad SMARTS) is 1. The van der Waals surface area contributed by atoms with Crippen molar-refractivity contribution in [1.29, 1.82) is 0 Å². The minimum absolute atomic E-state index is 0.198. The Balaban J connectivity index is 2.32. The lowest BCUT2D eigenvalue weighted by molar-refractivity contribution is -0.141. The zero-order valence-electron chi connectivity index (χ0n) is 9.40. The number of fused-ring (bicyclic) bond motifs is 1. The molecule has 2 rings (SSSR count). The van der Waals surface area contributed by atoms with Gasteiger partial charge in [0.1, 0.15) is 5.75 Å². The molecule has 0 fully saturated rings. The van der Waals surface area contributed by atoms with Crippen LogP contribution in [0.25, 0.3) is 0 Å². The number of carboxylic acids is 1. The van der Waals surface area contributed by atoms with E-state index in [0.29, 0.717) is 23.8 Å². The number of ether oxygens (including phenoxy) is 2. The highest BCUT2D eigenvalue weighted by Gasteiger charge is 2.20. The largest absolute Gasteiger partial charge is 0.481 e. The van der Waals surface area contributed by atoms with Crippen molar-refractivity contribution in [3.63, 3.8) is 0 Å². The summed E-state index contributed by atoms with van der Waals surface area (Å²) in [6.07, 6.45) is 0.401. The van der Waals surface area contributed by atoms with Gasteiger partial charge < -0.3 is 14.6 Å². The minimum atomic E-state index is -0.828. The van der Waals surface area contributed by atoms with Crippen molar-refractivity contribution >= 4 is 17.6 Å². The van der Waals surface area contributed by atoms with Gasteiger partial charge in [-0.2, -0.15) is 0 Å². The highest BCUT2D eigenvalue weighted by atomic mass is 35.5. The smallest absolute Gasteiger partial charge is 0.306 e. The summed E-state index contributed by atoms with van der Waals surface area (Å²) in [7, 11) is 0. The number of halogens is 1. The molecule has 1 aromatic rings. The van der Waals surface area contributed by atoms with E-state index in [1.165, 1.54) is 0 Å². The van der Waals surface area contributed by atoms with Crippen LogP contribution in [0.1, 0.15) is 18.1 Å². The second kappa shape index (κ2) is 4.94. The van der Waals surface area contributed by atoms with Gasteiger partial charge in [0.15, 0.2) is 6.79 Å². The fourth-order valence-electron chi connectivity index (χ4n) is 1.83. The quantitative estimate of drug-likeness (QED) is 0.903. The van der Waals surface area contributed by atoms with E-state index in [0.717, 1.165) is 11.1 Å². The third-order valence-electron chi connectivity index (χ3n) is 2.70. The molecular weight excluding hydrogens is 244 g/mol. The molecule has 92 valence electrons. The van der Waals surface area contributed by atoms with Gasteiger partial charge in [0.2, 0.25) is 0 Å². The standard InChI is InChI=1S/C12H13ClO4/c1-7(12(14)15)2-8-3-10(13)4-9-5-16-6-17-11(8)9/h3-4,7H,2,5-6H2,1H3,(H,14,15). The molecule has 0 spiro atoms. The van der Waals surface area contributed by atoms with Crippen LogP contribution in [-0.2, 0) is 22.6 Å². The first-order chi connectivity index (χ1) is 8.08. The number of aliphatic carboxylic acids is 1. The van der Waals surface area contributed by atoms with Crippen LogP contribution in [-0.4, -0.2) is 17.9 Å². The fourth-order valence-corrected chi connectivity index (χ4v) is 2.09. The van der Waals surface area contributed by atoms with Crippen LogP contribution < -0.4 is 4.74 Å². The summed E-state index contributed by atoms with van der Waals surface area (Å²) >= 11 is 5.99. The van der Waals surface area contributed by atoms with Gasteiger partial charge in [0.05, 0.1) is 12.5 Å². The summed E-state index contributed by atoms with van der Waals surface area (Å²) in [5, 5.41) is 9.49. The van der Waals surface area contributed by atoms with Gasteiger partial charge in [-0.3, -0.25) is 4.79 Å². The van der Waals surface area contributed by atoms with Crippen LogP contribution in [0, 0.1) is 5.92 Å². The first kappa shape index (κ1) is 12.2. The summed E-state index contributed by atoms with van der Waals surface area (Å²) < 4.78 is 10.6. The molecule has 0 aromatic heterocycles. The van der Waals surface area contributed by atoms with E-state index in [1.54, 1.807) is 19.1 Å². The Hall–Kier alpha value is -1.26. The molecule has 1 aliphatic rings. The van der Waals surface area contributed by atoms with Gasteiger partial charge in [-0.1, -0.05) is 18.5 Å². The Bertz CT molecular complexity index is 444. The van der Waals surface area contributed by atoms with Crippen LogP contribution in [0.15, 0.2) is 12.1 Å². The van der Waals surface area contributed by atoms with Crippen molar-refractivity contribution in [1.82, 2.24) is 0 Å². The van der Waals surface area contributed by atoms with E-state index in [-0.39, 0.29) is 6.79 Å². The molecule has 1 unspecified atom stereocenters. The highest BCUT2D eigenvalue weighted by molar-refractivity contribution is 6.30. The molecular formula is C12H13ClO4. The minimum Gasteiger partial charge on any atom is -0.481 e. The molecule has 0 radical (unpaired) electrons. The third-order valence-corrected chi connectivity index (χ3v) is 2.92. The van der Waals surface area contributed by atoms with Crippen molar-refractivity contribution in [2.24, 2.45) is 5.92 Å². The summed E-state index contributed by atoms with van der Waals surface area (Å²) in [6, 6.07) is 3.54. The highest BCUT2D eigenvalue weighted by Crippen LogP contribution is 2.33. The molecule has 1 aromatic carbocycles. The molecule has 1 N–H and O–H groups in total. The maximum absolute atomic E-state index is 10.9. The van der Waals surface area contributed by atoms with Crippen molar-refractivity contribution in [3.05, 3.63) is 28.3 Å². The first-order valence-corrected chi connectivity index (χ1v) is 5.70. The molecule has 5 heteroatoms. The molecule has 4 nitrogen and oxygen atoms in total. The molecule has 1 aliphatic heterocycles. The Morgan fingerprint density at radius 3 is 3.06 bits per heavy atom. The summed E-state index contributed by atoms with van der Waals surface area (Å²) in [5.74, 6) is -0.580. The van der Waals surface area contributed by atoms with Crippen LogP contribution >= 0.6 is 11.6 Å². The normalized spacial score (nSPS) is 15.9. The number of hydrogen-bond acceptors (Lipinski definition) is 3. The average molecular weight is 257 g/mol. The van der Waals surface area contributed by atoms with E-state index >= 15 is 0 Å². The zero-order chi connectivity index (χ0) is 12.4. The Morgan fingerprint density at radius 1 is 1.59 bits per heavy atom. The lowest BCUT2D eigenvalue weighted by Gasteiger charge is -2.21. The SMILES string of the molecule is CC(Cc1cc(Cl)cc2c1OCOC2)C(=O)O. The van der Waals surface area contributed by atoms with Crippen molar-refractivity contribution in [3.8, 4) is 5.75 Å². The second-order valence-corrected chi connectivity index (χ2v) is 4.54. The molecule has 0 aliphatic carbocycles. The number of carbonyl (C=O) groups is 1. The predicted octanol–water partition coefficient (Wildman–Crippen LogP) is 2.47. The lowest BCUT2D eigenvalue weighted by atomic mass is 9.98. The number of hydrogen-bond donors (Lipinski definition) is 1. The average Bonchev–Trinajstić information content (AvgIpc) is 2.28. The number of rotatable bonds is 3. The molecule has 17 heavy (non-hydrogen) atoms. The number of benzene rings is 1. The van der Waals surface area contributed by atoms with Crippen molar-refractivity contribution < 1.29 is 19.4 Å². The van der Waals surface area contributed by atoms with Crippen molar-refractivity contribution in [2.75, 3.05) is 6.79 Å². The maximum Gasteiger partial charge on any atom is 0.306 e. The van der Waals surface area contributed by atoms with E-state index < -0.39 is 11.9 Å². The molecule has 0 amide bonds. The van der Waals surface area contributed by atoms with Gasteiger partial charge in [-0.25, -0.2) is 0 Å². The van der Waals surface area contributed by atoms with E-state index in [1.807, 2.05) is 0 Å². The first-order valence-electron chi connectivity index (χ1n) is 5.32. The fraction of sp³-hybridized carbons (Fsp3) is 0.417. The Morgan fingerprint density at radius 2 is 2.35 bits per heavy atom. The monoisotopic (exact) mass is 256 g/mol. The van der Waals surface area contributed by atoms with Crippen LogP contribution in [0.3, 0.4) is 0 Å². The summed E-state index contributed by atoms with van der Waals surface area (Å²) in [4.78, 5) is 10.9. The second-order valence-electron chi connectivity index (χ2n) is 4.11. The van der Waals surface area contributed by atoms with Gasteiger partial charge in [0, 0.05) is 10.6 Å².